The monoisotopic (exact) mass is 230 g/mol. The Kier molecular flexibility index (Phi) is 3.49. The number of rotatable bonds is 4. The van der Waals surface area contributed by atoms with E-state index in [9.17, 15) is 4.79 Å². The standard InChI is InChI=1S/C12H14N4O/c1-13-12(17)6-7-14-11-8-15-16-10-5-3-2-4-9(10)11/h2-5,8H,6-7H2,1H3,(H,13,17)(H,14,16). The highest BCUT2D eigenvalue weighted by Gasteiger charge is 2.02. The highest BCUT2D eigenvalue weighted by molar-refractivity contribution is 5.90. The topological polar surface area (TPSA) is 66.9 Å². The number of nitrogens with zero attached hydrogens (tertiary/aromatic N) is 2. The van der Waals surface area contributed by atoms with E-state index in [1.54, 1.807) is 13.2 Å². The minimum atomic E-state index is 0.0174. The van der Waals surface area contributed by atoms with Gasteiger partial charge >= 0.3 is 0 Å². The summed E-state index contributed by atoms with van der Waals surface area (Å²) in [5.41, 5.74) is 1.75. The van der Waals surface area contributed by atoms with Crippen molar-refractivity contribution in [2.75, 3.05) is 18.9 Å². The van der Waals surface area contributed by atoms with E-state index >= 15 is 0 Å². The smallest absolute Gasteiger partial charge is 0.221 e. The van der Waals surface area contributed by atoms with E-state index in [1.807, 2.05) is 24.3 Å². The molecule has 0 aliphatic heterocycles. The molecule has 1 amide bonds. The lowest BCUT2D eigenvalue weighted by Gasteiger charge is -2.07. The Hall–Kier alpha value is -2.17. The first-order chi connectivity index (χ1) is 8.31. The summed E-state index contributed by atoms with van der Waals surface area (Å²) >= 11 is 0. The van der Waals surface area contributed by atoms with E-state index in [-0.39, 0.29) is 5.91 Å². The quantitative estimate of drug-likeness (QED) is 0.827. The van der Waals surface area contributed by atoms with E-state index in [0.717, 1.165) is 16.6 Å². The molecule has 0 aliphatic rings. The van der Waals surface area contributed by atoms with Crippen LogP contribution in [0.4, 0.5) is 5.69 Å². The molecule has 2 aromatic rings. The van der Waals surface area contributed by atoms with Crippen molar-refractivity contribution in [2.45, 2.75) is 6.42 Å². The maximum atomic E-state index is 11.1. The van der Waals surface area contributed by atoms with Crippen LogP contribution >= 0.6 is 0 Å². The van der Waals surface area contributed by atoms with Gasteiger partial charge in [0.15, 0.2) is 0 Å². The Morgan fingerprint density at radius 2 is 2.18 bits per heavy atom. The fourth-order valence-electron chi connectivity index (χ4n) is 1.58. The van der Waals surface area contributed by atoms with Crippen LogP contribution in [0.25, 0.3) is 10.9 Å². The van der Waals surface area contributed by atoms with Crippen molar-refractivity contribution in [3.05, 3.63) is 30.5 Å². The molecule has 2 rings (SSSR count). The third-order valence-electron chi connectivity index (χ3n) is 2.49. The highest BCUT2D eigenvalue weighted by Crippen LogP contribution is 2.19. The summed E-state index contributed by atoms with van der Waals surface area (Å²) < 4.78 is 0. The van der Waals surface area contributed by atoms with Gasteiger partial charge in [-0.05, 0) is 6.07 Å². The molecule has 88 valence electrons. The van der Waals surface area contributed by atoms with Gasteiger partial charge in [-0.1, -0.05) is 18.2 Å². The van der Waals surface area contributed by atoms with E-state index in [1.165, 1.54) is 0 Å². The van der Waals surface area contributed by atoms with E-state index in [2.05, 4.69) is 20.8 Å². The molecule has 5 heteroatoms. The second-order valence-electron chi connectivity index (χ2n) is 3.63. The first kappa shape index (κ1) is 11.3. The van der Waals surface area contributed by atoms with Crippen molar-refractivity contribution in [3.8, 4) is 0 Å². The third-order valence-corrected chi connectivity index (χ3v) is 2.49. The summed E-state index contributed by atoms with van der Waals surface area (Å²) in [4.78, 5) is 11.1. The predicted molar refractivity (Wildman–Crippen MR) is 66.7 cm³/mol. The van der Waals surface area contributed by atoms with Crippen LogP contribution in [0.2, 0.25) is 0 Å². The number of hydrogen-bond acceptors (Lipinski definition) is 4. The number of hydrogen-bond donors (Lipinski definition) is 2. The highest BCUT2D eigenvalue weighted by atomic mass is 16.1. The van der Waals surface area contributed by atoms with Crippen molar-refractivity contribution >= 4 is 22.5 Å². The Morgan fingerprint density at radius 1 is 1.35 bits per heavy atom. The Balaban J connectivity index is 2.11. The van der Waals surface area contributed by atoms with Crippen molar-refractivity contribution in [1.29, 1.82) is 0 Å². The predicted octanol–water partition coefficient (Wildman–Crippen LogP) is 1.18. The number of fused-ring (bicyclic) bond motifs is 1. The Labute approximate surface area is 99.2 Å². The minimum absolute atomic E-state index is 0.0174. The summed E-state index contributed by atoms with van der Waals surface area (Å²) in [6, 6.07) is 7.76. The normalized spacial score (nSPS) is 10.2. The summed E-state index contributed by atoms with van der Waals surface area (Å²) in [5.74, 6) is 0.0174. The first-order valence-electron chi connectivity index (χ1n) is 5.46. The first-order valence-corrected chi connectivity index (χ1v) is 5.46. The average Bonchev–Trinajstić information content (AvgIpc) is 2.39. The number of anilines is 1. The molecular weight excluding hydrogens is 216 g/mol. The molecule has 5 nitrogen and oxygen atoms in total. The zero-order valence-corrected chi connectivity index (χ0v) is 9.60. The fourth-order valence-corrected chi connectivity index (χ4v) is 1.58. The maximum absolute atomic E-state index is 11.1. The second kappa shape index (κ2) is 5.25. The molecule has 1 aromatic carbocycles. The summed E-state index contributed by atoms with van der Waals surface area (Å²) in [6.07, 6.45) is 2.11. The van der Waals surface area contributed by atoms with Crippen LogP contribution in [0.1, 0.15) is 6.42 Å². The van der Waals surface area contributed by atoms with Crippen molar-refractivity contribution < 1.29 is 4.79 Å². The molecule has 17 heavy (non-hydrogen) atoms. The van der Waals surface area contributed by atoms with Gasteiger partial charge in [-0.2, -0.15) is 10.2 Å². The molecule has 0 saturated heterocycles. The lowest BCUT2D eigenvalue weighted by molar-refractivity contribution is -0.120. The molecule has 0 spiro atoms. The van der Waals surface area contributed by atoms with Gasteiger partial charge in [0.2, 0.25) is 5.91 Å². The van der Waals surface area contributed by atoms with Gasteiger partial charge < -0.3 is 10.6 Å². The summed E-state index contributed by atoms with van der Waals surface area (Å²) in [6.45, 7) is 0.579. The number of carbonyl (C=O) groups is 1. The van der Waals surface area contributed by atoms with E-state index in [4.69, 9.17) is 0 Å². The van der Waals surface area contributed by atoms with Crippen molar-refractivity contribution in [3.63, 3.8) is 0 Å². The average molecular weight is 230 g/mol. The van der Waals surface area contributed by atoms with E-state index < -0.39 is 0 Å². The molecule has 1 heterocycles. The SMILES string of the molecule is CNC(=O)CCNc1cnnc2ccccc12. The Morgan fingerprint density at radius 3 is 3.00 bits per heavy atom. The van der Waals surface area contributed by atoms with Gasteiger partial charge in [-0.25, -0.2) is 0 Å². The van der Waals surface area contributed by atoms with Gasteiger partial charge in [-0.15, -0.1) is 0 Å². The molecule has 0 radical (unpaired) electrons. The van der Waals surface area contributed by atoms with Crippen LogP contribution in [0, 0.1) is 0 Å². The van der Waals surface area contributed by atoms with Crippen LogP contribution in [0.5, 0.6) is 0 Å². The third kappa shape index (κ3) is 2.69. The molecule has 0 saturated carbocycles. The molecule has 0 bridgehead atoms. The zero-order chi connectivity index (χ0) is 12.1. The molecule has 0 unspecified atom stereocenters. The van der Waals surface area contributed by atoms with Gasteiger partial charge in [0.1, 0.15) is 0 Å². The molecule has 0 aliphatic carbocycles. The lowest BCUT2D eigenvalue weighted by Crippen LogP contribution is -2.20. The van der Waals surface area contributed by atoms with Gasteiger partial charge in [0.05, 0.1) is 17.4 Å². The molecule has 1 aromatic heterocycles. The van der Waals surface area contributed by atoms with Gasteiger partial charge in [0, 0.05) is 25.4 Å². The number of carbonyl (C=O) groups excluding carboxylic acids is 1. The maximum Gasteiger partial charge on any atom is 0.221 e. The second-order valence-corrected chi connectivity index (χ2v) is 3.63. The van der Waals surface area contributed by atoms with Crippen LogP contribution in [-0.4, -0.2) is 29.7 Å². The number of benzene rings is 1. The Bertz CT molecular complexity index is 521. The van der Waals surface area contributed by atoms with Crippen LogP contribution in [0.15, 0.2) is 30.5 Å². The van der Waals surface area contributed by atoms with Gasteiger partial charge in [0.25, 0.3) is 0 Å². The number of aromatic nitrogens is 2. The lowest BCUT2D eigenvalue weighted by atomic mass is 10.2. The van der Waals surface area contributed by atoms with Crippen molar-refractivity contribution in [2.24, 2.45) is 0 Å². The van der Waals surface area contributed by atoms with Crippen LogP contribution in [0.3, 0.4) is 0 Å². The zero-order valence-electron chi connectivity index (χ0n) is 9.60. The minimum Gasteiger partial charge on any atom is -0.383 e. The van der Waals surface area contributed by atoms with Crippen molar-refractivity contribution in [1.82, 2.24) is 15.5 Å². The van der Waals surface area contributed by atoms with Crippen LogP contribution < -0.4 is 10.6 Å². The van der Waals surface area contributed by atoms with Gasteiger partial charge in [-0.3, -0.25) is 4.79 Å². The van der Waals surface area contributed by atoms with Crippen LogP contribution in [-0.2, 0) is 4.79 Å². The largest absolute Gasteiger partial charge is 0.383 e. The molecular formula is C12H14N4O. The molecule has 2 N–H and O–H groups in total. The number of amides is 1. The summed E-state index contributed by atoms with van der Waals surface area (Å²) in [7, 11) is 1.63. The number of nitrogens with one attached hydrogen (secondary N) is 2. The molecule has 0 atom stereocenters. The van der Waals surface area contributed by atoms with E-state index in [0.29, 0.717) is 13.0 Å². The summed E-state index contributed by atoms with van der Waals surface area (Å²) in [5, 5.41) is 14.7. The molecule has 0 fully saturated rings. The fraction of sp³-hybridized carbons (Fsp3) is 0.250.